The number of carbonyl (C=O) groups is 1. The van der Waals surface area contributed by atoms with Crippen molar-refractivity contribution in [2.75, 3.05) is 5.75 Å². The van der Waals surface area contributed by atoms with Gasteiger partial charge >= 0.3 is 5.97 Å². The van der Waals surface area contributed by atoms with Gasteiger partial charge in [0.2, 0.25) is 0 Å². The van der Waals surface area contributed by atoms with Gasteiger partial charge in [0.05, 0.1) is 5.56 Å². The molecule has 1 rings (SSSR count). The molecule has 0 spiro atoms. The van der Waals surface area contributed by atoms with E-state index in [1.165, 1.54) is 11.8 Å². The number of rotatable bonds is 3. The van der Waals surface area contributed by atoms with Crippen LogP contribution in [0.5, 0.6) is 0 Å². The van der Waals surface area contributed by atoms with Crippen LogP contribution in [0.15, 0.2) is 23.4 Å². The van der Waals surface area contributed by atoms with Crippen LogP contribution in [0.4, 0.5) is 0 Å². The molecule has 0 amide bonds. The smallest absolute Gasteiger partial charge is 0.338 e. The molecule has 15 heavy (non-hydrogen) atoms. The van der Waals surface area contributed by atoms with Gasteiger partial charge in [-0.1, -0.05) is 20.8 Å². The van der Waals surface area contributed by atoms with E-state index in [1.807, 2.05) is 0 Å². The Bertz CT molecular complexity index is 358. The summed E-state index contributed by atoms with van der Waals surface area (Å²) in [5.74, 6) is -0.0656. The zero-order valence-electron chi connectivity index (χ0n) is 9.15. The molecule has 0 unspecified atom stereocenters. The van der Waals surface area contributed by atoms with E-state index in [0.717, 1.165) is 5.75 Å². The van der Waals surface area contributed by atoms with Gasteiger partial charge in [0.25, 0.3) is 0 Å². The normalized spacial score (nSPS) is 11.4. The molecule has 0 aliphatic rings. The topological polar surface area (TPSA) is 50.2 Å². The SMILES string of the molecule is CC(C)(C)CSc1ncccc1C(=O)O. The Kier molecular flexibility index (Phi) is 3.74. The fraction of sp³-hybridized carbons (Fsp3) is 0.455. The standard InChI is InChI=1S/C11H15NO2S/c1-11(2,3)7-15-9-8(10(13)14)5-4-6-12-9/h4-6H,7H2,1-3H3,(H,13,14). The number of hydrogen-bond donors (Lipinski definition) is 1. The van der Waals surface area contributed by atoms with Crippen LogP contribution in [-0.4, -0.2) is 21.8 Å². The molecular formula is C11H15NO2S. The van der Waals surface area contributed by atoms with E-state index in [9.17, 15) is 4.79 Å². The zero-order chi connectivity index (χ0) is 11.5. The van der Waals surface area contributed by atoms with Gasteiger partial charge in [-0.2, -0.15) is 0 Å². The van der Waals surface area contributed by atoms with Gasteiger partial charge in [0.1, 0.15) is 5.03 Å². The highest BCUT2D eigenvalue weighted by Gasteiger charge is 2.15. The third kappa shape index (κ3) is 3.91. The van der Waals surface area contributed by atoms with Crippen molar-refractivity contribution in [2.24, 2.45) is 5.41 Å². The average Bonchev–Trinajstić information content (AvgIpc) is 2.14. The number of carboxylic acid groups (broad SMARTS) is 1. The van der Waals surface area contributed by atoms with Crippen molar-refractivity contribution in [3.63, 3.8) is 0 Å². The maximum Gasteiger partial charge on any atom is 0.338 e. The van der Waals surface area contributed by atoms with Crippen molar-refractivity contribution >= 4 is 17.7 Å². The first kappa shape index (κ1) is 12.0. The zero-order valence-corrected chi connectivity index (χ0v) is 9.97. The molecule has 1 heterocycles. The van der Waals surface area contributed by atoms with Gasteiger partial charge < -0.3 is 5.11 Å². The highest BCUT2D eigenvalue weighted by atomic mass is 32.2. The summed E-state index contributed by atoms with van der Waals surface area (Å²) in [4.78, 5) is 15.0. The molecule has 82 valence electrons. The van der Waals surface area contributed by atoms with Gasteiger partial charge in [0.15, 0.2) is 0 Å². The number of hydrogen-bond acceptors (Lipinski definition) is 3. The van der Waals surface area contributed by atoms with Crippen molar-refractivity contribution < 1.29 is 9.90 Å². The molecule has 0 bridgehead atoms. The lowest BCUT2D eigenvalue weighted by Crippen LogP contribution is -2.09. The third-order valence-corrected chi connectivity index (χ3v) is 3.25. The first-order valence-corrected chi connectivity index (χ1v) is 5.70. The highest BCUT2D eigenvalue weighted by Crippen LogP contribution is 2.27. The molecule has 1 N–H and O–H groups in total. The molecule has 0 aliphatic heterocycles. The molecule has 0 saturated carbocycles. The lowest BCUT2D eigenvalue weighted by atomic mass is 10.0. The van der Waals surface area contributed by atoms with E-state index < -0.39 is 5.97 Å². The number of carboxylic acids is 1. The third-order valence-electron chi connectivity index (χ3n) is 1.64. The second-order valence-electron chi connectivity index (χ2n) is 4.51. The van der Waals surface area contributed by atoms with E-state index in [2.05, 4.69) is 25.8 Å². The minimum absolute atomic E-state index is 0.165. The van der Waals surface area contributed by atoms with Crippen molar-refractivity contribution in [3.05, 3.63) is 23.9 Å². The van der Waals surface area contributed by atoms with Crippen LogP contribution in [0.25, 0.3) is 0 Å². The van der Waals surface area contributed by atoms with Crippen LogP contribution in [-0.2, 0) is 0 Å². The van der Waals surface area contributed by atoms with E-state index in [4.69, 9.17) is 5.11 Å². The van der Waals surface area contributed by atoms with Crippen LogP contribution in [0.2, 0.25) is 0 Å². The summed E-state index contributed by atoms with van der Waals surface area (Å²) in [5.41, 5.74) is 0.449. The van der Waals surface area contributed by atoms with Crippen molar-refractivity contribution in [2.45, 2.75) is 25.8 Å². The van der Waals surface area contributed by atoms with Gasteiger partial charge in [-0.3, -0.25) is 0 Å². The van der Waals surface area contributed by atoms with Crippen molar-refractivity contribution in [3.8, 4) is 0 Å². The number of nitrogens with zero attached hydrogens (tertiary/aromatic N) is 1. The summed E-state index contributed by atoms with van der Waals surface area (Å²) in [6.07, 6.45) is 1.62. The Morgan fingerprint density at radius 2 is 2.20 bits per heavy atom. The quantitative estimate of drug-likeness (QED) is 0.803. The summed E-state index contributed by atoms with van der Waals surface area (Å²) in [6, 6.07) is 3.23. The van der Waals surface area contributed by atoms with Gasteiger partial charge in [-0.05, 0) is 17.5 Å². The molecule has 0 aliphatic carbocycles. The van der Waals surface area contributed by atoms with E-state index in [0.29, 0.717) is 5.03 Å². The van der Waals surface area contributed by atoms with E-state index >= 15 is 0 Å². The molecule has 0 radical (unpaired) electrons. The first-order valence-electron chi connectivity index (χ1n) is 4.71. The predicted molar refractivity (Wildman–Crippen MR) is 61.4 cm³/mol. The van der Waals surface area contributed by atoms with E-state index in [1.54, 1.807) is 18.3 Å². The average molecular weight is 225 g/mol. The summed E-state index contributed by atoms with van der Waals surface area (Å²) >= 11 is 1.49. The number of aromatic carboxylic acids is 1. The molecule has 0 atom stereocenters. The van der Waals surface area contributed by atoms with Gasteiger partial charge in [-0.15, -0.1) is 11.8 Å². The summed E-state index contributed by atoms with van der Waals surface area (Å²) in [7, 11) is 0. The molecular weight excluding hydrogens is 210 g/mol. The minimum Gasteiger partial charge on any atom is -0.478 e. The second-order valence-corrected chi connectivity index (χ2v) is 5.47. The summed E-state index contributed by atoms with van der Waals surface area (Å²) < 4.78 is 0. The largest absolute Gasteiger partial charge is 0.478 e. The predicted octanol–water partition coefficient (Wildman–Crippen LogP) is 2.92. The lowest BCUT2D eigenvalue weighted by Gasteiger charge is -2.17. The fourth-order valence-electron chi connectivity index (χ4n) is 0.953. The van der Waals surface area contributed by atoms with Crippen LogP contribution < -0.4 is 0 Å². The van der Waals surface area contributed by atoms with Crippen LogP contribution in [0.3, 0.4) is 0 Å². The minimum atomic E-state index is -0.917. The Labute approximate surface area is 93.9 Å². The van der Waals surface area contributed by atoms with E-state index in [-0.39, 0.29) is 11.0 Å². The number of aromatic nitrogens is 1. The van der Waals surface area contributed by atoms with Crippen molar-refractivity contribution in [1.82, 2.24) is 4.98 Å². The van der Waals surface area contributed by atoms with Crippen LogP contribution >= 0.6 is 11.8 Å². The Balaban J connectivity index is 2.81. The molecule has 1 aromatic heterocycles. The Morgan fingerprint density at radius 1 is 1.53 bits per heavy atom. The molecule has 1 aromatic rings. The Morgan fingerprint density at radius 3 is 2.73 bits per heavy atom. The lowest BCUT2D eigenvalue weighted by molar-refractivity contribution is 0.0692. The second kappa shape index (κ2) is 4.66. The monoisotopic (exact) mass is 225 g/mol. The van der Waals surface area contributed by atoms with Crippen LogP contribution in [0.1, 0.15) is 31.1 Å². The Hall–Kier alpha value is -1.03. The molecule has 0 saturated heterocycles. The van der Waals surface area contributed by atoms with Gasteiger partial charge in [-0.25, -0.2) is 9.78 Å². The summed E-state index contributed by atoms with van der Waals surface area (Å²) in [6.45, 7) is 6.34. The van der Waals surface area contributed by atoms with Crippen LogP contribution in [0, 0.1) is 5.41 Å². The molecule has 0 fully saturated rings. The molecule has 0 aromatic carbocycles. The first-order chi connectivity index (χ1) is 6.90. The maximum absolute atomic E-state index is 10.9. The number of pyridine rings is 1. The molecule has 3 nitrogen and oxygen atoms in total. The number of thioether (sulfide) groups is 1. The summed E-state index contributed by atoms with van der Waals surface area (Å²) in [5, 5.41) is 9.54. The maximum atomic E-state index is 10.9. The van der Waals surface area contributed by atoms with Gasteiger partial charge in [0, 0.05) is 11.9 Å². The van der Waals surface area contributed by atoms with Crippen molar-refractivity contribution in [1.29, 1.82) is 0 Å². The highest BCUT2D eigenvalue weighted by molar-refractivity contribution is 7.99. The fourth-order valence-corrected chi connectivity index (χ4v) is 1.97. The molecule has 4 heteroatoms.